The van der Waals surface area contributed by atoms with E-state index < -0.39 is 11.7 Å². The molecule has 4 heteroatoms. The molecule has 0 aromatic carbocycles. The van der Waals surface area contributed by atoms with Gasteiger partial charge in [-0.3, -0.25) is 0 Å². The van der Waals surface area contributed by atoms with Gasteiger partial charge in [0.2, 0.25) is 0 Å². The van der Waals surface area contributed by atoms with E-state index in [0.29, 0.717) is 13.2 Å². The van der Waals surface area contributed by atoms with Crippen molar-refractivity contribution >= 4 is 12.4 Å². The molecule has 1 aliphatic rings. The molecule has 106 valence electrons. The highest BCUT2D eigenvalue weighted by Gasteiger charge is 2.21. The molecular formula is C14H26ClNO2. The molecule has 1 fully saturated rings. The molecule has 1 rings (SSSR count). The molecule has 3 nitrogen and oxygen atoms in total. The topological polar surface area (TPSA) is 32.7 Å². The number of aliphatic hydroxyl groups is 1. The molecule has 2 unspecified atom stereocenters. The number of halogens is 1. The van der Waals surface area contributed by atoms with E-state index in [1.165, 1.54) is 12.8 Å². The normalized spacial score (nSPS) is 22.9. The molecule has 1 aliphatic heterocycles. The lowest BCUT2D eigenvalue weighted by Crippen LogP contribution is -2.41. The zero-order valence-corrected chi connectivity index (χ0v) is 12.5. The number of piperidine rings is 1. The van der Waals surface area contributed by atoms with Crippen molar-refractivity contribution in [3.63, 3.8) is 0 Å². The molecular weight excluding hydrogens is 250 g/mol. The molecule has 0 radical (unpaired) electrons. The number of likely N-dealkylation sites (tertiary alicyclic amines) is 1. The average Bonchev–Trinajstić information content (AvgIpc) is 2.27. The lowest BCUT2D eigenvalue weighted by molar-refractivity contribution is -0.0401. The Kier molecular flexibility index (Phi) is 7.89. The highest BCUT2D eigenvalue weighted by molar-refractivity contribution is 5.85. The van der Waals surface area contributed by atoms with Crippen molar-refractivity contribution in [3.8, 4) is 12.3 Å². The van der Waals surface area contributed by atoms with Gasteiger partial charge in [-0.25, -0.2) is 0 Å². The summed E-state index contributed by atoms with van der Waals surface area (Å²) in [6, 6.07) is 0. The van der Waals surface area contributed by atoms with Crippen LogP contribution in [0.4, 0.5) is 0 Å². The number of terminal acetylenes is 1. The summed E-state index contributed by atoms with van der Waals surface area (Å²) in [5.41, 5.74) is -0.587. The van der Waals surface area contributed by atoms with Gasteiger partial charge in [-0.2, -0.15) is 0 Å². The molecule has 0 saturated carbocycles. The second-order valence-corrected chi connectivity index (χ2v) is 5.63. The van der Waals surface area contributed by atoms with Crippen molar-refractivity contribution in [2.45, 2.75) is 45.3 Å². The molecule has 0 amide bonds. The van der Waals surface area contributed by atoms with Crippen molar-refractivity contribution in [1.82, 2.24) is 4.90 Å². The van der Waals surface area contributed by atoms with Gasteiger partial charge in [0.1, 0.15) is 5.60 Å². The van der Waals surface area contributed by atoms with Crippen LogP contribution in [-0.4, -0.2) is 48.0 Å². The number of aliphatic hydroxyl groups excluding tert-OH is 1. The third-order valence-corrected chi connectivity index (χ3v) is 3.19. The standard InChI is InChI=1S/C14H25NO2.ClH/c1-5-14(3,4)17-11-13(16)10-15-8-6-7-12(2)9-15;/h1,12-13,16H,6-11H2,2-4H3;1H. The molecule has 1 N–H and O–H groups in total. The number of rotatable bonds is 5. The number of ether oxygens (including phenoxy) is 1. The van der Waals surface area contributed by atoms with Crippen LogP contribution in [0, 0.1) is 18.3 Å². The fourth-order valence-electron chi connectivity index (χ4n) is 2.15. The minimum absolute atomic E-state index is 0. The zero-order chi connectivity index (χ0) is 12.9. The Balaban J connectivity index is 0.00000289. The van der Waals surface area contributed by atoms with Gasteiger partial charge in [0.15, 0.2) is 0 Å². The zero-order valence-electron chi connectivity index (χ0n) is 11.7. The Morgan fingerprint density at radius 1 is 1.56 bits per heavy atom. The predicted octanol–water partition coefficient (Wildman–Crippen LogP) is 1.93. The van der Waals surface area contributed by atoms with Crippen LogP contribution >= 0.6 is 12.4 Å². The quantitative estimate of drug-likeness (QED) is 0.779. The SMILES string of the molecule is C#CC(C)(C)OCC(O)CN1CCCC(C)C1.Cl. The Bertz CT molecular complexity index is 275. The minimum atomic E-state index is -0.587. The molecule has 0 aliphatic carbocycles. The third-order valence-electron chi connectivity index (χ3n) is 3.19. The second kappa shape index (κ2) is 8.01. The second-order valence-electron chi connectivity index (χ2n) is 5.63. The van der Waals surface area contributed by atoms with Crippen LogP contribution in [0.25, 0.3) is 0 Å². The van der Waals surface area contributed by atoms with Gasteiger partial charge in [0.25, 0.3) is 0 Å². The first-order valence-corrected chi connectivity index (χ1v) is 6.45. The Morgan fingerprint density at radius 2 is 2.22 bits per heavy atom. The summed E-state index contributed by atoms with van der Waals surface area (Å²) in [6.07, 6.45) is 7.40. The smallest absolute Gasteiger partial charge is 0.122 e. The number of hydrogen-bond donors (Lipinski definition) is 1. The van der Waals surface area contributed by atoms with E-state index in [4.69, 9.17) is 11.2 Å². The van der Waals surface area contributed by atoms with Gasteiger partial charge in [0.05, 0.1) is 12.7 Å². The van der Waals surface area contributed by atoms with Crippen LogP contribution in [0.2, 0.25) is 0 Å². The summed E-state index contributed by atoms with van der Waals surface area (Å²) in [5, 5.41) is 9.91. The lowest BCUT2D eigenvalue weighted by atomic mass is 10.00. The largest absolute Gasteiger partial charge is 0.389 e. The molecule has 0 aromatic heterocycles. The molecule has 1 saturated heterocycles. The van der Waals surface area contributed by atoms with Crippen molar-refractivity contribution in [2.75, 3.05) is 26.2 Å². The van der Waals surface area contributed by atoms with E-state index >= 15 is 0 Å². The fourth-order valence-corrected chi connectivity index (χ4v) is 2.15. The lowest BCUT2D eigenvalue weighted by Gasteiger charge is -2.32. The molecule has 0 bridgehead atoms. The van der Waals surface area contributed by atoms with Gasteiger partial charge in [-0.15, -0.1) is 18.8 Å². The van der Waals surface area contributed by atoms with Crippen molar-refractivity contribution in [3.05, 3.63) is 0 Å². The van der Waals surface area contributed by atoms with Gasteiger partial charge >= 0.3 is 0 Å². The number of nitrogens with zero attached hydrogens (tertiary/aromatic N) is 1. The van der Waals surface area contributed by atoms with E-state index in [2.05, 4.69) is 17.7 Å². The first kappa shape index (κ1) is 17.7. The molecule has 0 spiro atoms. The maximum absolute atomic E-state index is 9.91. The van der Waals surface area contributed by atoms with E-state index in [-0.39, 0.29) is 12.4 Å². The monoisotopic (exact) mass is 275 g/mol. The summed E-state index contributed by atoms with van der Waals surface area (Å²) in [7, 11) is 0. The van der Waals surface area contributed by atoms with Crippen LogP contribution in [-0.2, 0) is 4.74 Å². The highest BCUT2D eigenvalue weighted by Crippen LogP contribution is 2.16. The van der Waals surface area contributed by atoms with E-state index in [1.807, 2.05) is 13.8 Å². The van der Waals surface area contributed by atoms with Crippen molar-refractivity contribution < 1.29 is 9.84 Å². The summed E-state index contributed by atoms with van der Waals surface area (Å²) in [4.78, 5) is 2.31. The average molecular weight is 276 g/mol. The summed E-state index contributed by atoms with van der Waals surface area (Å²) < 4.78 is 5.50. The third kappa shape index (κ3) is 6.61. The minimum Gasteiger partial charge on any atom is -0.389 e. The van der Waals surface area contributed by atoms with E-state index in [9.17, 15) is 5.11 Å². The van der Waals surface area contributed by atoms with Crippen LogP contribution in [0.1, 0.15) is 33.6 Å². The Labute approximate surface area is 117 Å². The summed E-state index contributed by atoms with van der Waals surface area (Å²) in [5.74, 6) is 3.30. The van der Waals surface area contributed by atoms with E-state index in [0.717, 1.165) is 19.0 Å². The highest BCUT2D eigenvalue weighted by atomic mass is 35.5. The van der Waals surface area contributed by atoms with Crippen LogP contribution in [0.3, 0.4) is 0 Å². The Hall–Kier alpha value is -0.270. The van der Waals surface area contributed by atoms with Crippen molar-refractivity contribution in [2.24, 2.45) is 5.92 Å². The summed E-state index contributed by atoms with van der Waals surface area (Å²) >= 11 is 0. The molecule has 2 atom stereocenters. The van der Waals surface area contributed by atoms with Gasteiger partial charge in [-0.1, -0.05) is 12.8 Å². The first-order chi connectivity index (χ1) is 7.93. The first-order valence-electron chi connectivity index (χ1n) is 6.45. The molecule has 1 heterocycles. The number of β-amino-alcohol motifs (C(OH)–C–C–N with tert-alkyl or cyclic N) is 1. The predicted molar refractivity (Wildman–Crippen MR) is 77.0 cm³/mol. The fraction of sp³-hybridized carbons (Fsp3) is 0.857. The van der Waals surface area contributed by atoms with Gasteiger partial charge in [-0.05, 0) is 39.2 Å². The maximum Gasteiger partial charge on any atom is 0.122 e. The van der Waals surface area contributed by atoms with Gasteiger partial charge in [0, 0.05) is 13.1 Å². The van der Waals surface area contributed by atoms with Gasteiger partial charge < -0.3 is 14.7 Å². The van der Waals surface area contributed by atoms with Crippen molar-refractivity contribution in [1.29, 1.82) is 0 Å². The maximum atomic E-state index is 9.91. The summed E-state index contributed by atoms with van der Waals surface area (Å²) in [6.45, 7) is 9.09. The van der Waals surface area contributed by atoms with E-state index in [1.54, 1.807) is 0 Å². The molecule has 0 aromatic rings. The van der Waals surface area contributed by atoms with Crippen LogP contribution < -0.4 is 0 Å². The van der Waals surface area contributed by atoms with Crippen LogP contribution in [0.5, 0.6) is 0 Å². The molecule has 18 heavy (non-hydrogen) atoms. The van der Waals surface area contributed by atoms with Crippen LogP contribution in [0.15, 0.2) is 0 Å². The number of hydrogen-bond acceptors (Lipinski definition) is 3. The Morgan fingerprint density at radius 3 is 2.78 bits per heavy atom.